The van der Waals surface area contributed by atoms with Crippen molar-refractivity contribution in [3.05, 3.63) is 83.4 Å². The van der Waals surface area contributed by atoms with Gasteiger partial charge < -0.3 is 19.3 Å². The van der Waals surface area contributed by atoms with Gasteiger partial charge in [0.15, 0.2) is 5.13 Å². The molecule has 0 bridgehead atoms. The van der Waals surface area contributed by atoms with E-state index in [0.717, 1.165) is 17.5 Å². The molecule has 0 radical (unpaired) electrons. The fraction of sp³-hybridized carbons (Fsp3) is 0.233. The first kappa shape index (κ1) is 26.2. The van der Waals surface area contributed by atoms with Gasteiger partial charge in [-0.3, -0.25) is 14.5 Å². The second kappa shape index (κ2) is 11.2. The maximum atomic E-state index is 13.5. The van der Waals surface area contributed by atoms with Crippen molar-refractivity contribution < 1.29 is 28.9 Å². The molecule has 1 amide bonds. The van der Waals surface area contributed by atoms with E-state index in [4.69, 9.17) is 14.2 Å². The third-order valence-electron chi connectivity index (χ3n) is 6.54. The number of thiazole rings is 1. The highest BCUT2D eigenvalue weighted by Crippen LogP contribution is 2.45. The average molecular weight is 545 g/mol. The number of amides is 1. The highest BCUT2D eigenvalue weighted by molar-refractivity contribution is 7.22. The molecule has 1 unspecified atom stereocenters. The Kier molecular flexibility index (Phi) is 7.51. The largest absolute Gasteiger partial charge is 0.507 e. The van der Waals surface area contributed by atoms with Crippen LogP contribution in [0, 0.1) is 0 Å². The topological polar surface area (TPSA) is 98.2 Å². The SMILES string of the molecule is CCCCOc1cccc(C(O)=C2C(=O)C(=O)N(c3nc4ccc(OC)cc4s3)C2c2ccc(OC)cc2)c1. The van der Waals surface area contributed by atoms with E-state index in [1.807, 2.05) is 6.07 Å². The van der Waals surface area contributed by atoms with Crippen molar-refractivity contribution in [2.24, 2.45) is 0 Å². The minimum atomic E-state index is -0.900. The number of carbonyl (C=O) groups is 2. The number of aliphatic hydroxyl groups excluding tert-OH is 1. The monoisotopic (exact) mass is 544 g/mol. The van der Waals surface area contributed by atoms with Crippen molar-refractivity contribution in [3.8, 4) is 17.2 Å². The molecule has 2 heterocycles. The van der Waals surface area contributed by atoms with Crippen LogP contribution in [0.2, 0.25) is 0 Å². The fourth-order valence-corrected chi connectivity index (χ4v) is 5.50. The quantitative estimate of drug-likeness (QED) is 0.117. The maximum Gasteiger partial charge on any atom is 0.301 e. The van der Waals surface area contributed by atoms with E-state index in [1.54, 1.807) is 74.9 Å². The Bertz CT molecular complexity index is 1560. The number of carbonyl (C=O) groups excluding carboxylic acids is 2. The number of aromatic nitrogens is 1. The molecule has 5 rings (SSSR count). The van der Waals surface area contributed by atoms with Crippen LogP contribution >= 0.6 is 11.3 Å². The minimum Gasteiger partial charge on any atom is -0.507 e. The summed E-state index contributed by atoms with van der Waals surface area (Å²) in [6.45, 7) is 2.62. The molecule has 0 aliphatic carbocycles. The van der Waals surface area contributed by atoms with E-state index in [0.29, 0.717) is 45.6 Å². The molecule has 3 aromatic carbocycles. The number of fused-ring (bicyclic) bond motifs is 1. The van der Waals surface area contributed by atoms with Crippen molar-refractivity contribution in [3.63, 3.8) is 0 Å². The number of unbranched alkanes of at least 4 members (excludes halogenated alkanes) is 1. The van der Waals surface area contributed by atoms with E-state index in [-0.39, 0.29) is 11.3 Å². The van der Waals surface area contributed by atoms with Gasteiger partial charge in [-0.2, -0.15) is 0 Å². The van der Waals surface area contributed by atoms with E-state index < -0.39 is 17.7 Å². The number of aliphatic hydroxyl groups is 1. The molecule has 1 saturated heterocycles. The summed E-state index contributed by atoms with van der Waals surface area (Å²) in [5, 5.41) is 11.8. The lowest BCUT2D eigenvalue weighted by atomic mass is 9.95. The normalized spacial score (nSPS) is 16.6. The van der Waals surface area contributed by atoms with E-state index in [1.165, 1.54) is 16.2 Å². The molecular formula is C30H28N2O6S. The van der Waals surface area contributed by atoms with Gasteiger partial charge in [-0.25, -0.2) is 4.98 Å². The second-order valence-corrected chi connectivity index (χ2v) is 10.0. The van der Waals surface area contributed by atoms with Gasteiger partial charge in [-0.15, -0.1) is 0 Å². The van der Waals surface area contributed by atoms with Gasteiger partial charge in [0.25, 0.3) is 5.78 Å². The number of rotatable bonds is 9. The molecule has 9 heteroatoms. The summed E-state index contributed by atoms with van der Waals surface area (Å²) in [6, 6.07) is 18.5. The molecule has 1 N–H and O–H groups in total. The summed E-state index contributed by atoms with van der Waals surface area (Å²) in [7, 11) is 3.14. The van der Waals surface area contributed by atoms with E-state index >= 15 is 0 Å². The Labute approximate surface area is 230 Å². The third-order valence-corrected chi connectivity index (χ3v) is 7.56. The molecule has 1 aromatic heterocycles. The predicted molar refractivity (Wildman–Crippen MR) is 151 cm³/mol. The highest BCUT2D eigenvalue weighted by Gasteiger charge is 2.48. The minimum absolute atomic E-state index is 0.0206. The van der Waals surface area contributed by atoms with Crippen molar-refractivity contribution in [1.29, 1.82) is 0 Å². The molecule has 1 aliphatic heterocycles. The predicted octanol–water partition coefficient (Wildman–Crippen LogP) is 6.12. The molecule has 4 aromatic rings. The fourth-order valence-electron chi connectivity index (χ4n) is 4.48. The molecule has 0 saturated carbocycles. The number of anilines is 1. The third kappa shape index (κ3) is 5.05. The van der Waals surface area contributed by atoms with Gasteiger partial charge in [0.2, 0.25) is 0 Å². The van der Waals surface area contributed by atoms with Crippen molar-refractivity contribution in [2.45, 2.75) is 25.8 Å². The van der Waals surface area contributed by atoms with Crippen LogP contribution in [0.5, 0.6) is 17.2 Å². The van der Waals surface area contributed by atoms with Crippen LogP contribution < -0.4 is 19.1 Å². The second-order valence-electron chi connectivity index (χ2n) is 9.00. The summed E-state index contributed by atoms with van der Waals surface area (Å²) in [6.07, 6.45) is 1.89. The summed E-state index contributed by atoms with van der Waals surface area (Å²) in [5.41, 5.74) is 1.66. The van der Waals surface area contributed by atoms with Crippen molar-refractivity contribution in [1.82, 2.24) is 4.98 Å². The summed E-state index contributed by atoms with van der Waals surface area (Å²) in [4.78, 5) is 33.0. The first-order chi connectivity index (χ1) is 18.9. The lowest BCUT2D eigenvalue weighted by Crippen LogP contribution is -2.29. The van der Waals surface area contributed by atoms with Crippen LogP contribution in [0.4, 0.5) is 5.13 Å². The first-order valence-electron chi connectivity index (χ1n) is 12.6. The van der Waals surface area contributed by atoms with Gasteiger partial charge in [-0.1, -0.05) is 48.9 Å². The Morgan fingerprint density at radius 1 is 0.974 bits per heavy atom. The molecule has 8 nitrogen and oxygen atoms in total. The number of hydrogen-bond acceptors (Lipinski definition) is 8. The first-order valence-corrected chi connectivity index (χ1v) is 13.4. The molecule has 200 valence electrons. The Balaban J connectivity index is 1.64. The number of ketones is 1. The average Bonchev–Trinajstić information content (AvgIpc) is 3.50. The molecule has 0 spiro atoms. The van der Waals surface area contributed by atoms with E-state index in [9.17, 15) is 14.7 Å². The standard InChI is InChI=1S/C30H28N2O6S/c1-4-5-15-38-22-8-6-7-19(16-22)27(33)25-26(18-9-11-20(36-2)12-10-18)32(29(35)28(25)34)30-31-23-14-13-21(37-3)17-24(23)39-30/h6-14,16-17,26,33H,4-5,15H2,1-3H3. The Morgan fingerprint density at radius 3 is 2.44 bits per heavy atom. The Morgan fingerprint density at radius 2 is 1.72 bits per heavy atom. The zero-order chi connectivity index (χ0) is 27.5. The van der Waals surface area contributed by atoms with Crippen molar-refractivity contribution in [2.75, 3.05) is 25.7 Å². The van der Waals surface area contributed by atoms with Crippen molar-refractivity contribution >= 4 is 44.1 Å². The highest BCUT2D eigenvalue weighted by atomic mass is 32.1. The lowest BCUT2D eigenvalue weighted by Gasteiger charge is -2.23. The summed E-state index contributed by atoms with van der Waals surface area (Å²) < 4.78 is 17.2. The van der Waals surface area contributed by atoms with Crippen LogP contribution in [0.1, 0.15) is 36.9 Å². The molecule has 1 atom stereocenters. The van der Waals surface area contributed by atoms with Crippen LogP contribution in [0.25, 0.3) is 16.0 Å². The number of hydrogen-bond donors (Lipinski definition) is 1. The van der Waals surface area contributed by atoms with Gasteiger partial charge in [0, 0.05) is 5.56 Å². The molecular weight excluding hydrogens is 516 g/mol. The van der Waals surface area contributed by atoms with Crippen LogP contribution in [-0.2, 0) is 9.59 Å². The molecule has 39 heavy (non-hydrogen) atoms. The number of Topliss-reactive ketones (excluding diaryl/α,β-unsaturated/α-hetero) is 1. The number of nitrogens with zero attached hydrogens (tertiary/aromatic N) is 2. The zero-order valence-corrected chi connectivity index (χ0v) is 22.7. The zero-order valence-electron chi connectivity index (χ0n) is 21.8. The van der Waals surface area contributed by atoms with E-state index in [2.05, 4.69) is 11.9 Å². The van der Waals surface area contributed by atoms with Gasteiger partial charge in [0.1, 0.15) is 23.0 Å². The van der Waals surface area contributed by atoms with Crippen LogP contribution in [0.3, 0.4) is 0 Å². The maximum absolute atomic E-state index is 13.5. The Hall–Kier alpha value is -4.37. The molecule has 1 fully saturated rings. The lowest BCUT2D eigenvalue weighted by molar-refractivity contribution is -0.132. The van der Waals surface area contributed by atoms with Crippen LogP contribution in [-0.4, -0.2) is 42.6 Å². The smallest absolute Gasteiger partial charge is 0.301 e. The van der Waals surface area contributed by atoms with Gasteiger partial charge >= 0.3 is 5.91 Å². The van der Waals surface area contributed by atoms with Crippen LogP contribution in [0.15, 0.2) is 72.3 Å². The number of methoxy groups -OCH3 is 2. The van der Waals surface area contributed by atoms with Gasteiger partial charge in [-0.05, 0) is 54.4 Å². The number of benzene rings is 3. The molecule has 1 aliphatic rings. The van der Waals surface area contributed by atoms with Gasteiger partial charge in [0.05, 0.1) is 42.7 Å². The summed E-state index contributed by atoms with van der Waals surface area (Å²) in [5.74, 6) is 0.0247. The summed E-state index contributed by atoms with van der Waals surface area (Å²) >= 11 is 1.27. The number of ether oxygens (including phenoxy) is 3.